The summed E-state index contributed by atoms with van der Waals surface area (Å²) in [7, 11) is 4.74. The lowest BCUT2D eigenvalue weighted by atomic mass is 10.2. The summed E-state index contributed by atoms with van der Waals surface area (Å²) in [6.07, 6.45) is 0. The van der Waals surface area contributed by atoms with Gasteiger partial charge in [0.15, 0.2) is 11.5 Å². The molecule has 0 radical (unpaired) electrons. The van der Waals surface area contributed by atoms with Gasteiger partial charge in [0, 0.05) is 21.4 Å². The third-order valence-corrected chi connectivity index (χ3v) is 3.63. The highest BCUT2D eigenvalue weighted by molar-refractivity contribution is 14.1. The van der Waals surface area contributed by atoms with Crippen molar-refractivity contribution in [2.75, 3.05) is 32.4 Å². The Morgan fingerprint density at radius 1 is 0.952 bits per heavy atom. The van der Waals surface area contributed by atoms with Gasteiger partial charge in [-0.1, -0.05) is 0 Å². The second-order valence-corrected chi connectivity index (χ2v) is 5.52. The van der Waals surface area contributed by atoms with Gasteiger partial charge in [-0.2, -0.15) is 0 Å². The molecule has 0 aliphatic rings. The molecule has 0 spiro atoms. The quantitative estimate of drug-likeness (QED) is 0.593. The molecule has 21 heavy (non-hydrogen) atoms. The second kappa shape index (κ2) is 6.75. The molecule has 0 amide bonds. The number of rotatable bonds is 5. The van der Waals surface area contributed by atoms with Gasteiger partial charge in [-0.25, -0.2) is 0 Å². The summed E-state index contributed by atoms with van der Waals surface area (Å²) in [6.45, 7) is 0. The molecule has 6 heteroatoms. The van der Waals surface area contributed by atoms with E-state index in [4.69, 9.17) is 19.9 Å². The second-order valence-electron chi connectivity index (χ2n) is 4.27. The highest BCUT2D eigenvalue weighted by Crippen LogP contribution is 2.41. The Hall–Kier alpha value is -1.83. The Bertz CT molecular complexity index is 622. The smallest absolute Gasteiger partial charge is 0.203 e. The fraction of sp³-hybridized carbons (Fsp3) is 0.200. The van der Waals surface area contributed by atoms with Crippen molar-refractivity contribution in [3.63, 3.8) is 0 Å². The van der Waals surface area contributed by atoms with Crippen LogP contribution in [0.2, 0.25) is 0 Å². The molecule has 0 unspecified atom stereocenters. The van der Waals surface area contributed by atoms with Crippen molar-refractivity contribution in [3.8, 4) is 17.2 Å². The van der Waals surface area contributed by atoms with E-state index in [9.17, 15) is 0 Å². The van der Waals surface area contributed by atoms with Crippen LogP contribution in [0, 0.1) is 3.57 Å². The maximum Gasteiger partial charge on any atom is 0.203 e. The van der Waals surface area contributed by atoms with Crippen LogP contribution in [-0.4, -0.2) is 21.3 Å². The molecule has 0 saturated heterocycles. The van der Waals surface area contributed by atoms with Crippen LogP contribution in [0.25, 0.3) is 0 Å². The van der Waals surface area contributed by atoms with Crippen molar-refractivity contribution in [2.45, 2.75) is 0 Å². The normalized spacial score (nSPS) is 10.1. The maximum atomic E-state index is 6.01. The number of ether oxygens (including phenoxy) is 3. The highest BCUT2D eigenvalue weighted by Gasteiger charge is 2.13. The van der Waals surface area contributed by atoms with Crippen molar-refractivity contribution >= 4 is 39.7 Å². The lowest BCUT2D eigenvalue weighted by molar-refractivity contribution is 0.324. The highest BCUT2D eigenvalue weighted by atomic mass is 127. The number of anilines is 3. The van der Waals surface area contributed by atoms with E-state index in [0.29, 0.717) is 22.9 Å². The Morgan fingerprint density at radius 3 is 2.05 bits per heavy atom. The molecule has 0 atom stereocenters. The van der Waals surface area contributed by atoms with E-state index in [-0.39, 0.29) is 0 Å². The van der Waals surface area contributed by atoms with Crippen molar-refractivity contribution in [3.05, 3.63) is 33.9 Å². The SMILES string of the molecule is COc1cc(Nc2ccc(I)cc2N)cc(OC)c1OC. The van der Waals surface area contributed by atoms with E-state index in [0.717, 1.165) is 14.9 Å². The van der Waals surface area contributed by atoms with Crippen LogP contribution in [0.3, 0.4) is 0 Å². The van der Waals surface area contributed by atoms with Crippen LogP contribution in [0.1, 0.15) is 0 Å². The van der Waals surface area contributed by atoms with Gasteiger partial charge in [-0.15, -0.1) is 0 Å². The van der Waals surface area contributed by atoms with Gasteiger partial charge in [0.2, 0.25) is 5.75 Å². The summed E-state index contributed by atoms with van der Waals surface area (Å²) in [6, 6.07) is 9.48. The first kappa shape index (κ1) is 15.6. The topological polar surface area (TPSA) is 65.7 Å². The summed E-state index contributed by atoms with van der Waals surface area (Å²) < 4.78 is 17.0. The number of halogens is 1. The molecule has 3 N–H and O–H groups in total. The zero-order valence-corrected chi connectivity index (χ0v) is 14.2. The summed E-state index contributed by atoms with van der Waals surface area (Å²) in [5.74, 6) is 1.73. The molecule has 2 aromatic carbocycles. The van der Waals surface area contributed by atoms with E-state index < -0.39 is 0 Å². The van der Waals surface area contributed by atoms with Crippen LogP contribution in [0.5, 0.6) is 17.2 Å². The lowest BCUT2D eigenvalue weighted by Gasteiger charge is -2.16. The average Bonchev–Trinajstić information content (AvgIpc) is 2.49. The van der Waals surface area contributed by atoms with Crippen molar-refractivity contribution < 1.29 is 14.2 Å². The zero-order chi connectivity index (χ0) is 15.4. The fourth-order valence-electron chi connectivity index (χ4n) is 1.96. The minimum absolute atomic E-state index is 0.557. The Morgan fingerprint density at radius 2 is 1.57 bits per heavy atom. The third kappa shape index (κ3) is 3.44. The van der Waals surface area contributed by atoms with E-state index in [1.54, 1.807) is 21.3 Å². The number of hydrogen-bond acceptors (Lipinski definition) is 5. The number of nitrogen functional groups attached to an aromatic ring is 1. The van der Waals surface area contributed by atoms with Gasteiger partial charge in [0.05, 0.1) is 32.7 Å². The van der Waals surface area contributed by atoms with Gasteiger partial charge >= 0.3 is 0 Å². The third-order valence-electron chi connectivity index (χ3n) is 2.96. The fourth-order valence-corrected chi connectivity index (χ4v) is 2.47. The number of benzene rings is 2. The predicted octanol–water partition coefficient (Wildman–Crippen LogP) is 3.64. The molecule has 0 aliphatic heterocycles. The van der Waals surface area contributed by atoms with E-state index in [1.165, 1.54) is 0 Å². The van der Waals surface area contributed by atoms with Crippen LogP contribution in [0.4, 0.5) is 17.1 Å². The summed E-state index contributed by atoms with van der Waals surface area (Å²) >= 11 is 2.22. The number of methoxy groups -OCH3 is 3. The van der Waals surface area contributed by atoms with Crippen molar-refractivity contribution in [1.29, 1.82) is 0 Å². The molecule has 0 fully saturated rings. The Labute approximate surface area is 137 Å². The minimum Gasteiger partial charge on any atom is -0.493 e. The molecule has 0 bridgehead atoms. The molecule has 0 aliphatic carbocycles. The van der Waals surface area contributed by atoms with Gasteiger partial charge < -0.3 is 25.3 Å². The predicted molar refractivity (Wildman–Crippen MR) is 93.0 cm³/mol. The molecule has 2 aromatic rings. The number of nitrogens with two attached hydrogens (primary N) is 1. The van der Waals surface area contributed by atoms with E-state index >= 15 is 0 Å². The molecule has 0 saturated carbocycles. The van der Waals surface area contributed by atoms with Crippen LogP contribution in [-0.2, 0) is 0 Å². The minimum atomic E-state index is 0.557. The molecular weight excluding hydrogens is 383 g/mol. The molecule has 5 nitrogen and oxygen atoms in total. The molecule has 2 rings (SSSR count). The average molecular weight is 400 g/mol. The van der Waals surface area contributed by atoms with Gasteiger partial charge in [-0.3, -0.25) is 0 Å². The Kier molecular flexibility index (Phi) is 5.00. The zero-order valence-electron chi connectivity index (χ0n) is 12.1. The molecular formula is C15H17IN2O3. The largest absolute Gasteiger partial charge is 0.493 e. The standard InChI is InChI=1S/C15H17IN2O3/c1-19-13-7-10(8-14(20-2)15(13)21-3)18-12-5-4-9(16)6-11(12)17/h4-8,18H,17H2,1-3H3. The summed E-state index contributed by atoms with van der Waals surface area (Å²) in [5.41, 5.74) is 8.32. The van der Waals surface area contributed by atoms with Crippen LogP contribution in [0.15, 0.2) is 30.3 Å². The van der Waals surface area contributed by atoms with Crippen LogP contribution < -0.4 is 25.3 Å². The maximum absolute atomic E-state index is 6.01. The lowest BCUT2D eigenvalue weighted by Crippen LogP contribution is -2.00. The first-order valence-electron chi connectivity index (χ1n) is 6.21. The van der Waals surface area contributed by atoms with Crippen molar-refractivity contribution in [2.24, 2.45) is 0 Å². The summed E-state index contributed by atoms with van der Waals surface area (Å²) in [5, 5.41) is 3.26. The Balaban J connectivity index is 2.40. The first-order valence-corrected chi connectivity index (χ1v) is 7.29. The van der Waals surface area contributed by atoms with Crippen molar-refractivity contribution in [1.82, 2.24) is 0 Å². The van der Waals surface area contributed by atoms with E-state index in [2.05, 4.69) is 27.9 Å². The monoisotopic (exact) mass is 400 g/mol. The molecule has 112 valence electrons. The molecule has 0 heterocycles. The van der Waals surface area contributed by atoms with Gasteiger partial charge in [0.25, 0.3) is 0 Å². The first-order chi connectivity index (χ1) is 10.1. The van der Waals surface area contributed by atoms with Gasteiger partial charge in [-0.05, 0) is 40.8 Å². The number of hydrogen-bond donors (Lipinski definition) is 2. The van der Waals surface area contributed by atoms with Gasteiger partial charge in [0.1, 0.15) is 0 Å². The molecule has 0 aromatic heterocycles. The summed E-state index contributed by atoms with van der Waals surface area (Å²) in [4.78, 5) is 0. The number of nitrogens with one attached hydrogen (secondary N) is 1. The van der Waals surface area contributed by atoms with Crippen LogP contribution >= 0.6 is 22.6 Å². The van der Waals surface area contributed by atoms with E-state index in [1.807, 2.05) is 30.3 Å².